The number of halogens is 1. The summed E-state index contributed by atoms with van der Waals surface area (Å²) in [6.07, 6.45) is 2.62. The molecule has 5 nitrogen and oxygen atoms in total. The van der Waals surface area contributed by atoms with Crippen molar-refractivity contribution in [2.75, 3.05) is 17.1 Å². The van der Waals surface area contributed by atoms with Crippen molar-refractivity contribution in [2.45, 2.75) is 46.1 Å². The van der Waals surface area contributed by atoms with Gasteiger partial charge in [0.2, 0.25) is 15.9 Å². The van der Waals surface area contributed by atoms with E-state index in [9.17, 15) is 13.2 Å². The van der Waals surface area contributed by atoms with Crippen molar-refractivity contribution >= 4 is 33.2 Å². The molecule has 1 atom stereocenters. The van der Waals surface area contributed by atoms with Crippen molar-refractivity contribution in [3.63, 3.8) is 0 Å². The lowest BCUT2D eigenvalue weighted by molar-refractivity contribution is -0.121. The van der Waals surface area contributed by atoms with E-state index in [1.807, 2.05) is 13.0 Å². The highest BCUT2D eigenvalue weighted by atomic mass is 35.5. The average Bonchev–Trinajstić information content (AvgIpc) is 2.65. The first-order valence-corrected chi connectivity index (χ1v) is 11.9. The molecule has 0 heterocycles. The minimum absolute atomic E-state index is 0.0518. The van der Waals surface area contributed by atoms with Crippen LogP contribution in [-0.2, 0) is 14.8 Å². The van der Waals surface area contributed by atoms with E-state index in [0.29, 0.717) is 17.1 Å². The van der Waals surface area contributed by atoms with E-state index >= 15 is 0 Å². The van der Waals surface area contributed by atoms with E-state index in [4.69, 9.17) is 11.6 Å². The van der Waals surface area contributed by atoms with Gasteiger partial charge in [-0.3, -0.25) is 9.10 Å². The Morgan fingerprint density at radius 1 is 1.10 bits per heavy atom. The van der Waals surface area contributed by atoms with Gasteiger partial charge < -0.3 is 5.32 Å². The van der Waals surface area contributed by atoms with Crippen LogP contribution in [-0.4, -0.2) is 27.1 Å². The highest BCUT2D eigenvalue weighted by Crippen LogP contribution is 2.22. The van der Waals surface area contributed by atoms with Crippen molar-refractivity contribution < 1.29 is 13.2 Å². The van der Waals surface area contributed by atoms with Gasteiger partial charge >= 0.3 is 0 Å². The van der Waals surface area contributed by atoms with Gasteiger partial charge in [0.15, 0.2) is 0 Å². The predicted molar refractivity (Wildman–Crippen MR) is 120 cm³/mol. The molecular formula is C22H29ClN2O3S. The Morgan fingerprint density at radius 3 is 2.31 bits per heavy atom. The first-order chi connectivity index (χ1) is 13.6. The summed E-state index contributed by atoms with van der Waals surface area (Å²) >= 11 is 5.89. The molecule has 1 amide bonds. The third-order valence-corrected chi connectivity index (χ3v) is 6.40. The Labute approximate surface area is 179 Å². The zero-order chi connectivity index (χ0) is 21.6. The number of aryl methyl sites for hydroxylation is 2. The quantitative estimate of drug-likeness (QED) is 0.615. The van der Waals surface area contributed by atoms with E-state index in [1.54, 1.807) is 24.3 Å². The SMILES string of the molecule is CC[C@H](NC(=O)CCCN(c1ccc(Cl)cc1)S(C)(=O)=O)c1ccc(C)c(C)c1. The summed E-state index contributed by atoms with van der Waals surface area (Å²) in [4.78, 5) is 12.5. The number of anilines is 1. The van der Waals surface area contributed by atoms with Crippen LogP contribution in [0.25, 0.3) is 0 Å². The van der Waals surface area contributed by atoms with Crippen LogP contribution in [0.15, 0.2) is 42.5 Å². The molecule has 0 aliphatic heterocycles. The number of carbonyl (C=O) groups is 1. The monoisotopic (exact) mass is 436 g/mol. The zero-order valence-corrected chi connectivity index (χ0v) is 19.0. The van der Waals surface area contributed by atoms with E-state index in [0.717, 1.165) is 18.2 Å². The van der Waals surface area contributed by atoms with Crippen molar-refractivity contribution in [1.82, 2.24) is 5.32 Å². The first-order valence-electron chi connectivity index (χ1n) is 9.71. The maximum Gasteiger partial charge on any atom is 0.232 e. The average molecular weight is 437 g/mol. The number of sulfonamides is 1. The summed E-state index contributed by atoms with van der Waals surface area (Å²) in [5.74, 6) is -0.0837. The van der Waals surface area contributed by atoms with Crippen LogP contribution in [0.3, 0.4) is 0 Å². The number of rotatable bonds is 9. The molecule has 0 saturated carbocycles. The van der Waals surface area contributed by atoms with Crippen LogP contribution >= 0.6 is 11.6 Å². The molecule has 29 heavy (non-hydrogen) atoms. The molecule has 0 aliphatic carbocycles. The van der Waals surface area contributed by atoms with Gasteiger partial charge in [0.05, 0.1) is 18.0 Å². The molecular weight excluding hydrogens is 408 g/mol. The molecule has 2 aromatic carbocycles. The molecule has 0 aliphatic rings. The smallest absolute Gasteiger partial charge is 0.232 e. The van der Waals surface area contributed by atoms with Gasteiger partial charge in [0.1, 0.15) is 0 Å². The Hall–Kier alpha value is -2.05. The standard InChI is InChI=1S/C22H29ClN2O3S/c1-5-21(18-9-8-16(2)17(3)15-18)24-22(26)7-6-14-25(29(4,27)28)20-12-10-19(23)11-13-20/h8-13,15,21H,5-7,14H2,1-4H3,(H,24,26)/t21-/m0/s1. The molecule has 158 valence electrons. The molecule has 7 heteroatoms. The minimum atomic E-state index is -3.45. The van der Waals surface area contributed by atoms with Crippen LogP contribution in [0.4, 0.5) is 5.69 Å². The second-order valence-electron chi connectivity index (χ2n) is 7.29. The van der Waals surface area contributed by atoms with Crippen molar-refractivity contribution in [1.29, 1.82) is 0 Å². The van der Waals surface area contributed by atoms with Crippen molar-refractivity contribution in [3.05, 3.63) is 64.2 Å². The molecule has 0 aromatic heterocycles. The number of nitrogens with one attached hydrogen (secondary N) is 1. The lowest BCUT2D eigenvalue weighted by Gasteiger charge is -2.23. The van der Waals surface area contributed by atoms with Gasteiger partial charge in [-0.15, -0.1) is 0 Å². The molecule has 0 fully saturated rings. The van der Waals surface area contributed by atoms with E-state index in [-0.39, 0.29) is 24.9 Å². The number of carbonyl (C=O) groups excluding carboxylic acids is 1. The van der Waals surface area contributed by atoms with Crippen LogP contribution in [0.1, 0.15) is 48.9 Å². The van der Waals surface area contributed by atoms with Gasteiger partial charge in [-0.25, -0.2) is 8.42 Å². The molecule has 2 rings (SSSR count). The first kappa shape index (κ1) is 23.2. The molecule has 0 bridgehead atoms. The van der Waals surface area contributed by atoms with Gasteiger partial charge in [0, 0.05) is 18.0 Å². The molecule has 2 aromatic rings. The van der Waals surface area contributed by atoms with Crippen LogP contribution in [0, 0.1) is 13.8 Å². The van der Waals surface area contributed by atoms with Gasteiger partial charge in [0.25, 0.3) is 0 Å². The Bertz CT molecular complexity index is 943. The molecule has 1 N–H and O–H groups in total. The Kier molecular flexibility index (Phi) is 8.11. The number of hydrogen-bond acceptors (Lipinski definition) is 3. The lowest BCUT2D eigenvalue weighted by Crippen LogP contribution is -2.33. The van der Waals surface area contributed by atoms with E-state index in [2.05, 4.69) is 31.3 Å². The minimum Gasteiger partial charge on any atom is -0.349 e. The van der Waals surface area contributed by atoms with Gasteiger partial charge in [-0.05, 0) is 67.6 Å². The summed E-state index contributed by atoms with van der Waals surface area (Å²) < 4.78 is 25.6. The number of nitrogens with zero attached hydrogens (tertiary/aromatic N) is 1. The maximum atomic E-state index is 12.5. The topological polar surface area (TPSA) is 66.5 Å². The summed E-state index contributed by atoms with van der Waals surface area (Å²) in [6, 6.07) is 12.8. The molecule has 0 radical (unpaired) electrons. The van der Waals surface area contributed by atoms with E-state index < -0.39 is 10.0 Å². The summed E-state index contributed by atoms with van der Waals surface area (Å²) in [7, 11) is -3.45. The van der Waals surface area contributed by atoms with Crippen LogP contribution in [0.2, 0.25) is 5.02 Å². The fraction of sp³-hybridized carbons (Fsp3) is 0.409. The Balaban J connectivity index is 1.97. The van der Waals surface area contributed by atoms with Gasteiger partial charge in [-0.1, -0.05) is 36.7 Å². The normalized spacial score (nSPS) is 12.4. The fourth-order valence-electron chi connectivity index (χ4n) is 3.15. The fourth-order valence-corrected chi connectivity index (χ4v) is 4.24. The molecule has 0 saturated heterocycles. The predicted octanol–water partition coefficient (Wildman–Crippen LogP) is 4.77. The largest absolute Gasteiger partial charge is 0.349 e. The van der Waals surface area contributed by atoms with Gasteiger partial charge in [-0.2, -0.15) is 0 Å². The summed E-state index contributed by atoms with van der Waals surface area (Å²) in [6.45, 7) is 6.39. The highest BCUT2D eigenvalue weighted by Gasteiger charge is 2.18. The van der Waals surface area contributed by atoms with Crippen molar-refractivity contribution in [3.8, 4) is 0 Å². The zero-order valence-electron chi connectivity index (χ0n) is 17.4. The Morgan fingerprint density at radius 2 is 1.76 bits per heavy atom. The number of benzene rings is 2. The van der Waals surface area contributed by atoms with Crippen LogP contribution in [0.5, 0.6) is 0 Å². The number of amides is 1. The molecule has 0 spiro atoms. The summed E-state index contributed by atoms with van der Waals surface area (Å²) in [5, 5.41) is 3.61. The summed E-state index contributed by atoms with van der Waals surface area (Å²) in [5.41, 5.74) is 4.04. The maximum absolute atomic E-state index is 12.5. The van der Waals surface area contributed by atoms with Crippen LogP contribution < -0.4 is 9.62 Å². The van der Waals surface area contributed by atoms with Crippen molar-refractivity contribution in [2.24, 2.45) is 0 Å². The molecule has 0 unspecified atom stereocenters. The highest BCUT2D eigenvalue weighted by molar-refractivity contribution is 7.92. The second kappa shape index (κ2) is 10.1. The second-order valence-corrected chi connectivity index (χ2v) is 9.63. The number of hydrogen-bond donors (Lipinski definition) is 1. The third-order valence-electron chi connectivity index (χ3n) is 4.96. The third kappa shape index (κ3) is 6.75. The lowest BCUT2D eigenvalue weighted by atomic mass is 9.99. The van der Waals surface area contributed by atoms with E-state index in [1.165, 1.54) is 15.4 Å².